The highest BCUT2D eigenvalue weighted by Crippen LogP contribution is 2.53. The second-order valence-electron chi connectivity index (χ2n) is 13.6. The zero-order valence-electron chi connectivity index (χ0n) is 28.3. The molecule has 2 aromatic heterocycles. The molecule has 0 saturated carbocycles. The molecule has 252 valence electrons. The van der Waals surface area contributed by atoms with Crippen LogP contribution in [0.5, 0.6) is 5.75 Å². The molecule has 0 aliphatic carbocycles. The van der Waals surface area contributed by atoms with Crippen molar-refractivity contribution in [3.63, 3.8) is 0 Å². The summed E-state index contributed by atoms with van der Waals surface area (Å²) >= 11 is 6.34. The van der Waals surface area contributed by atoms with Crippen LogP contribution in [-0.4, -0.2) is 68.3 Å². The number of amides is 1. The molecule has 0 bridgehead atoms. The van der Waals surface area contributed by atoms with E-state index in [1.807, 2.05) is 87.2 Å². The second kappa shape index (κ2) is 12.2. The van der Waals surface area contributed by atoms with Crippen LogP contribution in [0.2, 0.25) is 5.02 Å². The van der Waals surface area contributed by atoms with E-state index in [1.54, 1.807) is 19.5 Å². The molecule has 7 rings (SSSR count). The number of likely N-dealkylation sites (tertiary alicyclic amines) is 1. The Bertz CT molecular complexity index is 2070. The van der Waals surface area contributed by atoms with E-state index in [-0.39, 0.29) is 18.0 Å². The molecule has 1 N–H and O–H groups in total. The Hall–Kier alpha value is -4.93. The van der Waals surface area contributed by atoms with Gasteiger partial charge in [0.15, 0.2) is 11.9 Å². The van der Waals surface area contributed by atoms with Crippen molar-refractivity contribution in [3.8, 4) is 16.9 Å². The minimum atomic E-state index is -1.30. The number of aryl methyl sites for hydroxylation is 1. The van der Waals surface area contributed by atoms with E-state index in [9.17, 15) is 14.7 Å². The molecule has 3 aromatic carbocycles. The average molecular weight is 680 g/mol. The smallest absolute Gasteiger partial charge is 0.337 e. The Morgan fingerprint density at radius 1 is 0.980 bits per heavy atom. The highest BCUT2D eigenvalue weighted by atomic mass is 35.5. The Kier molecular flexibility index (Phi) is 8.11. The van der Waals surface area contributed by atoms with Crippen LogP contribution >= 0.6 is 11.6 Å². The number of carboxylic acids is 1. The molecule has 1 fully saturated rings. The number of nitrogens with zero attached hydrogens (tertiary/aromatic N) is 5. The normalized spacial score (nSPS) is 17.7. The molecule has 3 atom stereocenters. The van der Waals surface area contributed by atoms with Crippen LogP contribution in [0.1, 0.15) is 60.1 Å². The van der Waals surface area contributed by atoms with E-state index in [1.165, 1.54) is 0 Å². The fourth-order valence-corrected chi connectivity index (χ4v) is 7.57. The van der Waals surface area contributed by atoms with E-state index < -0.39 is 17.7 Å². The van der Waals surface area contributed by atoms with Crippen LogP contribution in [-0.2, 0) is 9.53 Å². The van der Waals surface area contributed by atoms with E-state index in [0.717, 1.165) is 39.0 Å². The van der Waals surface area contributed by atoms with Crippen LogP contribution in [0.15, 0.2) is 73.1 Å². The van der Waals surface area contributed by atoms with Gasteiger partial charge < -0.3 is 28.9 Å². The van der Waals surface area contributed by atoms with Gasteiger partial charge in [0, 0.05) is 40.3 Å². The molecule has 0 radical (unpaired) electrons. The summed E-state index contributed by atoms with van der Waals surface area (Å²) < 4.78 is 14.1. The van der Waals surface area contributed by atoms with Crippen LogP contribution in [0.25, 0.3) is 22.0 Å². The van der Waals surface area contributed by atoms with Crippen LogP contribution in [0, 0.1) is 13.8 Å². The Labute approximate surface area is 289 Å². The zero-order chi connectivity index (χ0) is 34.8. The molecule has 4 heterocycles. The standard InChI is InChI=1S/C38H38ClN5O5/c1-21-16-27-31(23-12-14-25(39)15-13-23)30(34(36(46)47)49-38(3,4)5)22(2)32-33(27)43(21)28-19-42(35(45)24-10-8-7-9-11-24)20-29(28)44(32)37-40-17-26(48-6)18-41-37/h7-18,28-29,34H,19-20H2,1-6H3,(H,46,47)/t28?,29?,34-/m0/s1. The van der Waals surface area contributed by atoms with Gasteiger partial charge in [-0.15, -0.1) is 0 Å². The number of halogens is 1. The van der Waals surface area contributed by atoms with Crippen LogP contribution in [0.3, 0.4) is 0 Å². The van der Waals surface area contributed by atoms with Gasteiger partial charge in [0.25, 0.3) is 5.91 Å². The minimum Gasteiger partial charge on any atom is -0.494 e. The van der Waals surface area contributed by atoms with Crippen molar-refractivity contribution in [2.24, 2.45) is 0 Å². The van der Waals surface area contributed by atoms with Gasteiger partial charge >= 0.3 is 5.97 Å². The fraction of sp³-hybridized carbons (Fsp3) is 0.316. The first kappa shape index (κ1) is 32.6. The maximum absolute atomic E-state index is 13.9. The highest BCUT2D eigenvalue weighted by Gasteiger charge is 2.48. The molecule has 11 heteroatoms. The van der Waals surface area contributed by atoms with E-state index >= 15 is 0 Å². The lowest BCUT2D eigenvalue weighted by Crippen LogP contribution is -2.44. The molecule has 2 aliphatic heterocycles. The number of fused-ring (bicyclic) bond motifs is 2. The predicted molar refractivity (Wildman–Crippen MR) is 189 cm³/mol. The first-order valence-corrected chi connectivity index (χ1v) is 16.6. The topological polar surface area (TPSA) is 110 Å². The van der Waals surface area contributed by atoms with Crippen molar-refractivity contribution in [2.75, 3.05) is 25.1 Å². The molecule has 10 nitrogen and oxygen atoms in total. The van der Waals surface area contributed by atoms with Gasteiger partial charge in [-0.1, -0.05) is 41.9 Å². The molecule has 1 amide bonds. The third-order valence-electron chi connectivity index (χ3n) is 9.38. The molecule has 2 aliphatic rings. The quantitative estimate of drug-likeness (QED) is 0.188. The van der Waals surface area contributed by atoms with Gasteiger partial charge in [-0.05, 0) is 81.6 Å². The molecular weight excluding hydrogens is 642 g/mol. The Balaban J connectivity index is 1.54. The summed E-state index contributed by atoms with van der Waals surface area (Å²) in [5, 5.41) is 12.2. The fourth-order valence-electron chi connectivity index (χ4n) is 7.45. The number of carbonyl (C=O) groups is 2. The predicted octanol–water partition coefficient (Wildman–Crippen LogP) is 7.54. The molecular formula is C38H38ClN5O5. The molecule has 2 unspecified atom stereocenters. The number of carboxylic acid groups (broad SMARTS) is 1. The van der Waals surface area contributed by atoms with Crippen LogP contribution < -0.4 is 9.64 Å². The average Bonchev–Trinajstić information content (AvgIpc) is 3.67. The maximum Gasteiger partial charge on any atom is 0.337 e. The third kappa shape index (κ3) is 5.58. The summed E-state index contributed by atoms with van der Waals surface area (Å²) in [5.74, 6) is -0.223. The summed E-state index contributed by atoms with van der Waals surface area (Å²) in [5.41, 5.74) is 5.37. The lowest BCUT2D eigenvalue weighted by Gasteiger charge is -2.41. The lowest BCUT2D eigenvalue weighted by molar-refractivity contribution is -0.160. The van der Waals surface area contributed by atoms with Gasteiger partial charge in [0.1, 0.15) is 0 Å². The highest BCUT2D eigenvalue weighted by molar-refractivity contribution is 6.30. The number of hydrogen-bond acceptors (Lipinski definition) is 7. The number of aromatic nitrogens is 3. The largest absolute Gasteiger partial charge is 0.494 e. The lowest BCUT2D eigenvalue weighted by atomic mass is 9.86. The number of hydrogen-bond donors (Lipinski definition) is 1. The Morgan fingerprint density at radius 3 is 2.24 bits per heavy atom. The van der Waals surface area contributed by atoms with Crippen LogP contribution in [0.4, 0.5) is 11.6 Å². The van der Waals surface area contributed by atoms with Gasteiger partial charge in [0.2, 0.25) is 5.95 Å². The summed E-state index contributed by atoms with van der Waals surface area (Å²) in [6.07, 6.45) is 1.94. The SMILES string of the molecule is COc1cnc(N2c3c(C)c([C@H](OC(C)(C)C)C(=O)O)c(-c4ccc(Cl)cc4)c4cc(C)n(c34)C3CN(C(=O)c4ccccc4)CC32)nc1. The van der Waals surface area contributed by atoms with Gasteiger partial charge in [-0.2, -0.15) is 0 Å². The number of methoxy groups -OCH3 is 1. The minimum absolute atomic E-state index is 0.0560. The first-order valence-electron chi connectivity index (χ1n) is 16.2. The molecule has 1 saturated heterocycles. The summed E-state index contributed by atoms with van der Waals surface area (Å²) in [4.78, 5) is 40.6. The number of aliphatic carboxylic acids is 1. The van der Waals surface area contributed by atoms with Gasteiger partial charge in [-0.25, -0.2) is 14.8 Å². The van der Waals surface area contributed by atoms with E-state index in [4.69, 9.17) is 31.0 Å². The van der Waals surface area contributed by atoms with Crippen molar-refractivity contribution < 1.29 is 24.2 Å². The molecule has 5 aromatic rings. The first-order chi connectivity index (χ1) is 23.4. The maximum atomic E-state index is 13.9. The van der Waals surface area contributed by atoms with Crippen molar-refractivity contribution in [3.05, 3.63) is 100 Å². The van der Waals surface area contributed by atoms with Gasteiger partial charge in [0.05, 0.1) is 48.4 Å². The van der Waals surface area contributed by atoms with E-state index in [2.05, 4.69) is 22.5 Å². The summed E-state index contributed by atoms with van der Waals surface area (Å²) in [6, 6.07) is 18.4. The van der Waals surface area contributed by atoms with Crippen molar-refractivity contribution in [2.45, 2.75) is 58.4 Å². The Morgan fingerprint density at radius 2 is 1.63 bits per heavy atom. The van der Waals surface area contributed by atoms with E-state index in [0.29, 0.717) is 40.9 Å². The number of benzene rings is 3. The van der Waals surface area contributed by atoms with Crippen molar-refractivity contribution in [1.82, 2.24) is 19.4 Å². The second-order valence-corrected chi connectivity index (χ2v) is 14.1. The molecule has 49 heavy (non-hydrogen) atoms. The van der Waals surface area contributed by atoms with Gasteiger partial charge in [-0.3, -0.25) is 4.79 Å². The zero-order valence-corrected chi connectivity index (χ0v) is 29.0. The number of rotatable bonds is 7. The molecule has 0 spiro atoms. The van der Waals surface area contributed by atoms with Crippen molar-refractivity contribution >= 4 is 46.0 Å². The summed E-state index contributed by atoms with van der Waals surface area (Å²) in [7, 11) is 1.56. The third-order valence-corrected chi connectivity index (χ3v) is 9.63. The monoisotopic (exact) mass is 679 g/mol. The number of anilines is 2. The summed E-state index contributed by atoms with van der Waals surface area (Å²) in [6.45, 7) is 10.4. The van der Waals surface area contributed by atoms with Crippen molar-refractivity contribution in [1.29, 1.82) is 0 Å². The number of ether oxygens (including phenoxy) is 2. The number of carbonyl (C=O) groups excluding carboxylic acids is 1.